The van der Waals surface area contributed by atoms with Gasteiger partial charge in [-0.25, -0.2) is 9.18 Å². The number of hydrogen-bond donors (Lipinski definition) is 1. The van der Waals surface area contributed by atoms with Gasteiger partial charge in [0.15, 0.2) is 0 Å². The molecular formula is C20H16F4O4. The molecule has 3 rings (SSSR count). The molecule has 2 aromatic carbocycles. The molecule has 0 aliphatic carbocycles. The monoisotopic (exact) mass is 396 g/mol. The Morgan fingerprint density at radius 2 is 1.93 bits per heavy atom. The summed E-state index contributed by atoms with van der Waals surface area (Å²) >= 11 is 0. The van der Waals surface area contributed by atoms with Gasteiger partial charge in [-0.1, -0.05) is 6.92 Å². The van der Waals surface area contributed by atoms with Crippen LogP contribution in [0.25, 0.3) is 6.08 Å². The average molecular weight is 396 g/mol. The van der Waals surface area contributed by atoms with Crippen molar-refractivity contribution < 1.29 is 36.9 Å². The van der Waals surface area contributed by atoms with E-state index in [1.54, 1.807) is 6.92 Å². The number of carbonyl (C=O) groups is 1. The maximum Gasteiger partial charge on any atom is 0.430 e. The van der Waals surface area contributed by atoms with Crippen LogP contribution in [-0.4, -0.2) is 23.4 Å². The molecule has 28 heavy (non-hydrogen) atoms. The van der Waals surface area contributed by atoms with Crippen LogP contribution in [0.1, 0.15) is 23.6 Å². The molecule has 1 aliphatic heterocycles. The summed E-state index contributed by atoms with van der Waals surface area (Å²) in [5, 5.41) is 9.12. The highest BCUT2D eigenvalue weighted by molar-refractivity contribution is 5.95. The minimum atomic E-state index is -4.89. The van der Waals surface area contributed by atoms with Crippen LogP contribution in [0.5, 0.6) is 17.2 Å². The molecule has 1 heterocycles. The Kier molecular flexibility index (Phi) is 5.06. The van der Waals surface area contributed by atoms with Gasteiger partial charge in [0.25, 0.3) is 0 Å². The standard InChI is InChI=1S/C20H16F4O4/c1-3-11-7-12-8-14(19(25)26)18(20(22,23)24)28-17(12)9-16(11)27-15-5-4-13(21)6-10(15)2/h4-9,18H,3H2,1-2H3,(H,25,26). The fourth-order valence-corrected chi connectivity index (χ4v) is 2.91. The molecule has 148 valence electrons. The van der Waals surface area contributed by atoms with Crippen LogP contribution in [0.4, 0.5) is 17.6 Å². The fourth-order valence-electron chi connectivity index (χ4n) is 2.91. The lowest BCUT2D eigenvalue weighted by molar-refractivity contribution is -0.187. The van der Waals surface area contributed by atoms with E-state index in [2.05, 4.69) is 0 Å². The van der Waals surface area contributed by atoms with Crippen molar-refractivity contribution in [2.45, 2.75) is 32.5 Å². The van der Waals surface area contributed by atoms with Crippen molar-refractivity contribution in [1.29, 1.82) is 0 Å². The second-order valence-corrected chi connectivity index (χ2v) is 6.31. The molecule has 0 spiro atoms. The highest BCUT2D eigenvalue weighted by Gasteiger charge is 2.48. The molecule has 1 aliphatic rings. The van der Waals surface area contributed by atoms with E-state index < -0.39 is 29.6 Å². The van der Waals surface area contributed by atoms with Crippen LogP contribution in [0.15, 0.2) is 35.9 Å². The van der Waals surface area contributed by atoms with E-state index in [1.807, 2.05) is 6.92 Å². The van der Waals surface area contributed by atoms with Crippen molar-refractivity contribution in [1.82, 2.24) is 0 Å². The zero-order valence-electron chi connectivity index (χ0n) is 14.9. The van der Waals surface area contributed by atoms with Gasteiger partial charge in [0, 0.05) is 11.6 Å². The molecule has 0 saturated heterocycles. The summed E-state index contributed by atoms with van der Waals surface area (Å²) in [6.07, 6.45) is -6.03. The van der Waals surface area contributed by atoms with Crippen LogP contribution >= 0.6 is 0 Å². The van der Waals surface area contributed by atoms with Crippen molar-refractivity contribution >= 4 is 12.0 Å². The lowest BCUT2D eigenvalue weighted by Gasteiger charge is -2.28. The normalized spacial score (nSPS) is 16.1. The van der Waals surface area contributed by atoms with E-state index >= 15 is 0 Å². The van der Waals surface area contributed by atoms with E-state index in [9.17, 15) is 22.4 Å². The first kappa shape index (κ1) is 19.7. The highest BCUT2D eigenvalue weighted by atomic mass is 19.4. The summed E-state index contributed by atoms with van der Waals surface area (Å²) in [6, 6.07) is 6.73. The Morgan fingerprint density at radius 1 is 1.21 bits per heavy atom. The summed E-state index contributed by atoms with van der Waals surface area (Å²) in [6.45, 7) is 3.45. The molecule has 0 aromatic heterocycles. The summed E-state index contributed by atoms with van der Waals surface area (Å²) < 4.78 is 63.7. The number of rotatable bonds is 4. The first-order valence-electron chi connectivity index (χ1n) is 8.39. The predicted molar refractivity (Wildman–Crippen MR) is 93.1 cm³/mol. The van der Waals surface area contributed by atoms with E-state index in [1.165, 1.54) is 30.3 Å². The van der Waals surface area contributed by atoms with Crippen LogP contribution in [0.3, 0.4) is 0 Å². The number of aliphatic carboxylic acids is 1. The van der Waals surface area contributed by atoms with Crippen molar-refractivity contribution in [2.75, 3.05) is 0 Å². The molecule has 2 aromatic rings. The molecule has 0 saturated carbocycles. The van der Waals surface area contributed by atoms with Gasteiger partial charge in [0.05, 0.1) is 5.57 Å². The third-order valence-corrected chi connectivity index (χ3v) is 4.31. The Morgan fingerprint density at radius 3 is 2.50 bits per heavy atom. The van der Waals surface area contributed by atoms with Gasteiger partial charge >= 0.3 is 12.1 Å². The van der Waals surface area contributed by atoms with Gasteiger partial charge < -0.3 is 14.6 Å². The molecule has 1 atom stereocenters. The number of carboxylic acid groups (broad SMARTS) is 1. The van der Waals surface area contributed by atoms with Gasteiger partial charge in [0.2, 0.25) is 6.10 Å². The van der Waals surface area contributed by atoms with Crippen LogP contribution in [0.2, 0.25) is 0 Å². The van der Waals surface area contributed by atoms with E-state index in [-0.39, 0.29) is 17.1 Å². The number of aryl methyl sites for hydroxylation is 2. The van der Waals surface area contributed by atoms with Gasteiger partial charge in [-0.15, -0.1) is 0 Å². The number of carboxylic acids is 1. The molecule has 1 N–H and O–H groups in total. The number of fused-ring (bicyclic) bond motifs is 1. The zero-order valence-corrected chi connectivity index (χ0v) is 14.9. The summed E-state index contributed by atoms with van der Waals surface area (Å²) in [5.41, 5.74) is 0.488. The van der Waals surface area contributed by atoms with Crippen molar-refractivity contribution in [2.24, 2.45) is 0 Å². The third-order valence-electron chi connectivity index (χ3n) is 4.31. The molecule has 0 fully saturated rings. The van der Waals surface area contributed by atoms with Gasteiger partial charge in [-0.2, -0.15) is 13.2 Å². The minimum Gasteiger partial charge on any atom is -0.478 e. The van der Waals surface area contributed by atoms with Crippen LogP contribution in [-0.2, 0) is 11.2 Å². The first-order valence-corrected chi connectivity index (χ1v) is 8.39. The smallest absolute Gasteiger partial charge is 0.430 e. The highest BCUT2D eigenvalue weighted by Crippen LogP contribution is 2.41. The second kappa shape index (κ2) is 7.18. The van der Waals surface area contributed by atoms with E-state index in [4.69, 9.17) is 14.6 Å². The third kappa shape index (κ3) is 3.81. The van der Waals surface area contributed by atoms with Crippen molar-refractivity contribution in [3.8, 4) is 17.2 Å². The van der Waals surface area contributed by atoms with Crippen molar-refractivity contribution in [3.05, 3.63) is 58.4 Å². The molecular weight excluding hydrogens is 380 g/mol. The van der Waals surface area contributed by atoms with E-state index in [0.717, 1.165) is 6.08 Å². The Labute approximate surface area is 158 Å². The summed E-state index contributed by atoms with van der Waals surface area (Å²) in [5.74, 6) is -1.67. The van der Waals surface area contributed by atoms with E-state index in [0.29, 0.717) is 23.3 Å². The number of hydrogen-bond acceptors (Lipinski definition) is 3. The Hall–Kier alpha value is -3.03. The maximum atomic E-state index is 13.3. The Bertz CT molecular complexity index is 963. The fraction of sp³-hybridized carbons (Fsp3) is 0.250. The lowest BCUT2D eigenvalue weighted by atomic mass is 9.98. The minimum absolute atomic E-state index is 0.140. The molecule has 8 heteroatoms. The predicted octanol–water partition coefficient (Wildman–Crippen LogP) is 5.28. The summed E-state index contributed by atoms with van der Waals surface area (Å²) in [7, 11) is 0. The largest absolute Gasteiger partial charge is 0.478 e. The number of halogens is 4. The SMILES string of the molecule is CCc1cc2c(cc1Oc1ccc(F)cc1C)OC(C(F)(F)F)C(C(=O)O)=C2. The molecule has 0 radical (unpaired) electrons. The number of ether oxygens (including phenoxy) is 2. The van der Waals surface area contributed by atoms with Gasteiger partial charge in [-0.3, -0.25) is 0 Å². The quantitative estimate of drug-likeness (QED) is 0.715. The number of benzene rings is 2. The molecule has 0 bridgehead atoms. The molecule has 1 unspecified atom stereocenters. The van der Waals surface area contributed by atoms with Crippen LogP contribution < -0.4 is 9.47 Å². The van der Waals surface area contributed by atoms with Crippen LogP contribution in [0, 0.1) is 12.7 Å². The first-order chi connectivity index (χ1) is 13.1. The van der Waals surface area contributed by atoms with Gasteiger partial charge in [0.1, 0.15) is 23.1 Å². The van der Waals surface area contributed by atoms with Gasteiger partial charge in [-0.05, 0) is 54.8 Å². The lowest BCUT2D eigenvalue weighted by Crippen LogP contribution is -2.40. The van der Waals surface area contributed by atoms with Crippen molar-refractivity contribution in [3.63, 3.8) is 0 Å². The maximum absolute atomic E-state index is 13.3. The Balaban J connectivity index is 2.06. The second-order valence-electron chi connectivity index (χ2n) is 6.31. The topological polar surface area (TPSA) is 55.8 Å². The number of alkyl halides is 3. The zero-order chi connectivity index (χ0) is 20.6. The summed E-state index contributed by atoms with van der Waals surface area (Å²) in [4.78, 5) is 11.2. The molecule has 0 amide bonds. The average Bonchev–Trinajstić information content (AvgIpc) is 2.61. The molecule has 4 nitrogen and oxygen atoms in total.